The minimum Gasteiger partial charge on any atom is -0.468 e. The highest BCUT2D eigenvalue weighted by molar-refractivity contribution is 6.01. The van der Waals surface area contributed by atoms with Crippen molar-refractivity contribution in [1.82, 2.24) is 0 Å². The lowest BCUT2D eigenvalue weighted by molar-refractivity contribution is -0.163. The lowest BCUT2D eigenvalue weighted by atomic mass is 9.78. The monoisotopic (exact) mass is 310 g/mol. The van der Waals surface area contributed by atoms with Gasteiger partial charge in [0.15, 0.2) is 5.41 Å². The fraction of sp³-hybridized carbons (Fsp3) is 0.263. The molecule has 2 aromatic carbocycles. The summed E-state index contributed by atoms with van der Waals surface area (Å²) in [4.78, 5) is 25.0. The van der Waals surface area contributed by atoms with Gasteiger partial charge in [-0.15, -0.1) is 0 Å². The third kappa shape index (κ3) is 2.84. The number of carbonyl (C=O) groups excluding carboxylic acids is 2. The van der Waals surface area contributed by atoms with Crippen LogP contribution in [-0.4, -0.2) is 19.0 Å². The first kappa shape index (κ1) is 15.3. The van der Waals surface area contributed by atoms with Gasteiger partial charge >= 0.3 is 11.9 Å². The average molecular weight is 310 g/mol. The first-order valence-electron chi connectivity index (χ1n) is 7.54. The van der Waals surface area contributed by atoms with E-state index in [-0.39, 0.29) is 12.8 Å². The molecule has 23 heavy (non-hydrogen) atoms. The van der Waals surface area contributed by atoms with E-state index in [0.717, 1.165) is 11.1 Å². The maximum Gasteiger partial charge on any atom is 0.324 e. The first-order valence-corrected chi connectivity index (χ1v) is 7.54. The van der Waals surface area contributed by atoms with Crippen molar-refractivity contribution in [1.29, 1.82) is 0 Å². The van der Waals surface area contributed by atoms with Gasteiger partial charge in [0.05, 0.1) is 7.11 Å². The second-order valence-corrected chi connectivity index (χ2v) is 5.74. The molecule has 1 saturated heterocycles. The van der Waals surface area contributed by atoms with E-state index in [0.29, 0.717) is 0 Å². The van der Waals surface area contributed by atoms with Crippen molar-refractivity contribution in [3.8, 4) is 0 Å². The molecule has 0 aliphatic carbocycles. The highest BCUT2D eigenvalue weighted by Gasteiger charge is 2.56. The SMILES string of the molecule is COC(=O)[C@]1(Cc2ccccc2)C[C@@H](c2ccccc2)OC1=O. The van der Waals surface area contributed by atoms with E-state index in [4.69, 9.17) is 9.47 Å². The molecule has 4 heteroatoms. The fourth-order valence-corrected chi connectivity index (χ4v) is 3.06. The number of ether oxygens (including phenoxy) is 2. The topological polar surface area (TPSA) is 52.6 Å². The molecule has 0 radical (unpaired) electrons. The van der Waals surface area contributed by atoms with Gasteiger partial charge in [0, 0.05) is 6.42 Å². The van der Waals surface area contributed by atoms with Crippen molar-refractivity contribution in [3.63, 3.8) is 0 Å². The molecule has 2 atom stereocenters. The molecular weight excluding hydrogens is 292 g/mol. The van der Waals surface area contributed by atoms with Crippen LogP contribution in [-0.2, 0) is 25.5 Å². The molecule has 0 saturated carbocycles. The molecule has 0 spiro atoms. The number of cyclic esters (lactones) is 1. The minimum absolute atomic E-state index is 0.280. The van der Waals surface area contributed by atoms with Gasteiger partial charge in [-0.3, -0.25) is 9.59 Å². The van der Waals surface area contributed by atoms with E-state index in [1.807, 2.05) is 60.7 Å². The molecule has 1 aliphatic heterocycles. The van der Waals surface area contributed by atoms with E-state index >= 15 is 0 Å². The average Bonchev–Trinajstić information content (AvgIpc) is 2.93. The highest BCUT2D eigenvalue weighted by Crippen LogP contribution is 2.45. The Hall–Kier alpha value is -2.62. The second-order valence-electron chi connectivity index (χ2n) is 5.74. The number of benzene rings is 2. The summed E-state index contributed by atoms with van der Waals surface area (Å²) >= 11 is 0. The van der Waals surface area contributed by atoms with Crippen molar-refractivity contribution in [2.24, 2.45) is 5.41 Å². The largest absolute Gasteiger partial charge is 0.468 e. The predicted octanol–water partition coefficient (Wildman–Crippen LogP) is 3.08. The smallest absolute Gasteiger partial charge is 0.324 e. The zero-order valence-electron chi connectivity index (χ0n) is 12.9. The van der Waals surface area contributed by atoms with Crippen LogP contribution in [0.3, 0.4) is 0 Å². The van der Waals surface area contributed by atoms with E-state index in [1.165, 1.54) is 7.11 Å². The third-order valence-corrected chi connectivity index (χ3v) is 4.27. The molecule has 1 aliphatic rings. The summed E-state index contributed by atoms with van der Waals surface area (Å²) in [5.74, 6) is -1.05. The molecule has 3 rings (SSSR count). The molecule has 1 fully saturated rings. The van der Waals surface area contributed by atoms with Crippen LogP contribution in [0.1, 0.15) is 23.7 Å². The van der Waals surface area contributed by atoms with E-state index in [1.54, 1.807) is 0 Å². The van der Waals surface area contributed by atoms with E-state index < -0.39 is 23.5 Å². The van der Waals surface area contributed by atoms with Gasteiger partial charge in [-0.05, 0) is 17.5 Å². The summed E-state index contributed by atoms with van der Waals surface area (Å²) in [6.07, 6.45) is 0.145. The number of rotatable bonds is 4. The van der Waals surface area contributed by atoms with Crippen LogP contribution >= 0.6 is 0 Å². The summed E-state index contributed by atoms with van der Waals surface area (Å²) in [5.41, 5.74) is 0.514. The maximum absolute atomic E-state index is 12.6. The van der Waals surface area contributed by atoms with Crippen LogP contribution in [0.15, 0.2) is 60.7 Å². The summed E-state index contributed by atoms with van der Waals surface area (Å²) in [7, 11) is 1.30. The summed E-state index contributed by atoms with van der Waals surface area (Å²) in [6, 6.07) is 18.9. The number of esters is 2. The van der Waals surface area contributed by atoms with Gasteiger partial charge in [-0.25, -0.2) is 0 Å². The Morgan fingerprint density at radius 1 is 1.13 bits per heavy atom. The molecule has 2 aromatic rings. The van der Waals surface area contributed by atoms with Gasteiger partial charge in [-0.1, -0.05) is 60.7 Å². The van der Waals surface area contributed by atoms with Crippen molar-refractivity contribution >= 4 is 11.9 Å². The molecule has 1 heterocycles. The lowest BCUT2D eigenvalue weighted by Gasteiger charge is -2.21. The van der Waals surface area contributed by atoms with Crippen molar-refractivity contribution in [3.05, 3.63) is 71.8 Å². The first-order chi connectivity index (χ1) is 11.2. The van der Waals surface area contributed by atoms with Gasteiger partial charge < -0.3 is 9.47 Å². The van der Waals surface area contributed by atoms with Crippen molar-refractivity contribution in [2.45, 2.75) is 18.9 Å². The number of methoxy groups -OCH3 is 1. The standard InChI is InChI=1S/C19H18O4/c1-22-17(20)19(12-14-8-4-2-5-9-14)13-16(23-18(19)21)15-10-6-3-7-11-15/h2-11,16H,12-13H2,1H3/t16-,19-/m0/s1. The third-order valence-electron chi connectivity index (χ3n) is 4.27. The van der Waals surface area contributed by atoms with E-state index in [9.17, 15) is 9.59 Å². The molecule has 0 amide bonds. The molecule has 4 nitrogen and oxygen atoms in total. The zero-order valence-corrected chi connectivity index (χ0v) is 12.9. The fourth-order valence-electron chi connectivity index (χ4n) is 3.06. The molecular formula is C19H18O4. The van der Waals surface area contributed by atoms with Crippen LogP contribution in [0.25, 0.3) is 0 Å². The summed E-state index contributed by atoms with van der Waals surface area (Å²) in [6.45, 7) is 0. The predicted molar refractivity (Wildman–Crippen MR) is 84.5 cm³/mol. The molecule has 118 valence electrons. The number of carbonyl (C=O) groups is 2. The van der Waals surface area contributed by atoms with Crippen LogP contribution in [0.2, 0.25) is 0 Å². The van der Waals surface area contributed by atoms with Gasteiger partial charge in [-0.2, -0.15) is 0 Å². The van der Waals surface area contributed by atoms with E-state index in [2.05, 4.69) is 0 Å². The van der Waals surface area contributed by atoms with Gasteiger partial charge in [0.1, 0.15) is 6.10 Å². The molecule has 0 aromatic heterocycles. The summed E-state index contributed by atoms with van der Waals surface area (Å²) < 4.78 is 10.4. The van der Waals surface area contributed by atoms with Gasteiger partial charge in [0.25, 0.3) is 0 Å². The highest BCUT2D eigenvalue weighted by atomic mass is 16.6. The molecule has 0 N–H and O–H groups in total. The summed E-state index contributed by atoms with van der Waals surface area (Å²) in [5, 5.41) is 0. The number of hydrogen-bond acceptors (Lipinski definition) is 4. The van der Waals surface area contributed by atoms with Crippen LogP contribution in [0.4, 0.5) is 0 Å². The Morgan fingerprint density at radius 3 is 2.35 bits per heavy atom. The lowest BCUT2D eigenvalue weighted by Crippen LogP contribution is -2.39. The van der Waals surface area contributed by atoms with Crippen molar-refractivity contribution in [2.75, 3.05) is 7.11 Å². The number of hydrogen-bond donors (Lipinski definition) is 0. The Morgan fingerprint density at radius 2 is 1.74 bits per heavy atom. The maximum atomic E-state index is 12.6. The Bertz CT molecular complexity index is 696. The Kier molecular flexibility index (Phi) is 4.15. The van der Waals surface area contributed by atoms with Crippen LogP contribution in [0.5, 0.6) is 0 Å². The quantitative estimate of drug-likeness (QED) is 0.643. The Balaban J connectivity index is 1.93. The van der Waals surface area contributed by atoms with Crippen LogP contribution in [0, 0.1) is 5.41 Å². The normalized spacial score (nSPS) is 23.3. The molecule has 0 unspecified atom stereocenters. The Labute approximate surface area is 135 Å². The molecule has 0 bridgehead atoms. The van der Waals surface area contributed by atoms with Crippen LogP contribution < -0.4 is 0 Å². The minimum atomic E-state index is -1.28. The van der Waals surface area contributed by atoms with Gasteiger partial charge in [0.2, 0.25) is 0 Å². The second kappa shape index (κ2) is 6.24. The van der Waals surface area contributed by atoms with Crippen molar-refractivity contribution < 1.29 is 19.1 Å². The zero-order chi connectivity index (χ0) is 16.3.